The quantitative estimate of drug-likeness (QED) is 0.835. The highest BCUT2D eigenvalue weighted by molar-refractivity contribution is 5.89. The van der Waals surface area contributed by atoms with Gasteiger partial charge in [-0.2, -0.15) is 0 Å². The van der Waals surface area contributed by atoms with Crippen molar-refractivity contribution >= 4 is 12.1 Å². The van der Waals surface area contributed by atoms with E-state index in [0.717, 1.165) is 5.56 Å². The third kappa shape index (κ3) is 4.40. The molecular formula is C20H21NO5. The van der Waals surface area contributed by atoms with Crippen molar-refractivity contribution in [1.29, 1.82) is 0 Å². The summed E-state index contributed by atoms with van der Waals surface area (Å²) in [6.07, 6.45) is -0.606. The summed E-state index contributed by atoms with van der Waals surface area (Å²) in [5.41, 5.74) is 1.34. The zero-order chi connectivity index (χ0) is 18.4. The number of benzene rings is 2. The molecule has 1 heterocycles. The van der Waals surface area contributed by atoms with Gasteiger partial charge in [0.05, 0.1) is 24.8 Å². The number of amides is 1. The topological polar surface area (TPSA) is 76.1 Å². The molecule has 0 saturated carbocycles. The van der Waals surface area contributed by atoms with Gasteiger partial charge in [-0.05, 0) is 17.7 Å². The van der Waals surface area contributed by atoms with Crippen LogP contribution in [0.3, 0.4) is 0 Å². The number of esters is 1. The zero-order valence-corrected chi connectivity index (χ0v) is 14.3. The van der Waals surface area contributed by atoms with Crippen molar-refractivity contribution in [2.24, 2.45) is 0 Å². The molecule has 1 aliphatic heterocycles. The summed E-state index contributed by atoms with van der Waals surface area (Å²) in [4.78, 5) is 25.9. The molecule has 0 radical (unpaired) electrons. The number of aliphatic hydroxyl groups is 1. The fraction of sp³-hybridized carbons (Fsp3) is 0.300. The summed E-state index contributed by atoms with van der Waals surface area (Å²) in [6.45, 7) is 0.153. The van der Waals surface area contributed by atoms with Gasteiger partial charge in [0.25, 0.3) is 0 Å². The van der Waals surface area contributed by atoms with Crippen LogP contribution in [0.25, 0.3) is 0 Å². The molecular weight excluding hydrogens is 334 g/mol. The minimum Gasteiger partial charge on any atom is -0.457 e. The lowest BCUT2D eigenvalue weighted by molar-refractivity contribution is 0.0312. The molecule has 6 heteroatoms. The molecule has 26 heavy (non-hydrogen) atoms. The third-order valence-electron chi connectivity index (χ3n) is 4.31. The molecule has 0 aromatic heterocycles. The lowest BCUT2D eigenvalue weighted by Crippen LogP contribution is -2.38. The van der Waals surface area contributed by atoms with Gasteiger partial charge in [0.15, 0.2) is 0 Å². The van der Waals surface area contributed by atoms with E-state index in [9.17, 15) is 14.7 Å². The smallest absolute Gasteiger partial charge is 0.410 e. The van der Waals surface area contributed by atoms with E-state index in [4.69, 9.17) is 9.47 Å². The second-order valence-corrected chi connectivity index (χ2v) is 6.16. The van der Waals surface area contributed by atoms with Crippen LogP contribution in [0.15, 0.2) is 60.7 Å². The Bertz CT molecular complexity index is 734. The SMILES string of the molecule is O=C(OC1CC(CO)N(C(=O)OCc2ccccc2)C1)c1ccccc1. The number of ether oxygens (including phenoxy) is 2. The normalized spacial score (nSPS) is 19.2. The Hall–Kier alpha value is -2.86. The van der Waals surface area contributed by atoms with Gasteiger partial charge in [-0.15, -0.1) is 0 Å². The van der Waals surface area contributed by atoms with Gasteiger partial charge in [0.1, 0.15) is 12.7 Å². The van der Waals surface area contributed by atoms with Crippen LogP contribution < -0.4 is 0 Å². The molecule has 0 bridgehead atoms. The van der Waals surface area contributed by atoms with Gasteiger partial charge < -0.3 is 14.6 Å². The zero-order valence-electron chi connectivity index (χ0n) is 14.3. The van der Waals surface area contributed by atoms with Crippen molar-refractivity contribution in [3.63, 3.8) is 0 Å². The monoisotopic (exact) mass is 355 g/mol. The Balaban J connectivity index is 1.56. The van der Waals surface area contributed by atoms with Crippen molar-refractivity contribution in [2.45, 2.75) is 25.2 Å². The van der Waals surface area contributed by atoms with Crippen molar-refractivity contribution < 1.29 is 24.2 Å². The van der Waals surface area contributed by atoms with Crippen molar-refractivity contribution in [1.82, 2.24) is 4.90 Å². The Labute approximate surface area is 152 Å². The second-order valence-electron chi connectivity index (χ2n) is 6.16. The molecule has 2 atom stereocenters. The molecule has 1 aliphatic rings. The van der Waals surface area contributed by atoms with Crippen LogP contribution in [0.1, 0.15) is 22.3 Å². The molecule has 0 spiro atoms. The van der Waals surface area contributed by atoms with E-state index in [1.807, 2.05) is 36.4 Å². The number of likely N-dealkylation sites (tertiary alicyclic amines) is 1. The van der Waals surface area contributed by atoms with E-state index in [1.165, 1.54) is 4.90 Å². The number of nitrogens with zero attached hydrogens (tertiary/aromatic N) is 1. The average Bonchev–Trinajstić information content (AvgIpc) is 3.10. The molecule has 6 nitrogen and oxygen atoms in total. The number of aliphatic hydroxyl groups excluding tert-OH is 1. The van der Waals surface area contributed by atoms with Crippen LogP contribution in [-0.4, -0.2) is 47.4 Å². The first-order valence-corrected chi connectivity index (χ1v) is 8.51. The number of hydrogen-bond donors (Lipinski definition) is 1. The molecule has 1 amide bonds. The Morgan fingerprint density at radius 1 is 1.04 bits per heavy atom. The van der Waals surface area contributed by atoms with E-state index in [-0.39, 0.29) is 19.8 Å². The second kappa shape index (κ2) is 8.49. The number of carbonyl (C=O) groups excluding carboxylic acids is 2. The van der Waals surface area contributed by atoms with Crippen molar-refractivity contribution in [2.75, 3.05) is 13.2 Å². The average molecular weight is 355 g/mol. The van der Waals surface area contributed by atoms with E-state index in [2.05, 4.69) is 0 Å². The van der Waals surface area contributed by atoms with E-state index >= 15 is 0 Å². The maximum absolute atomic E-state index is 12.3. The van der Waals surface area contributed by atoms with Crippen LogP contribution in [0.4, 0.5) is 4.79 Å². The summed E-state index contributed by atoms with van der Waals surface area (Å²) in [5.74, 6) is -0.438. The molecule has 1 fully saturated rings. The summed E-state index contributed by atoms with van der Waals surface area (Å²) >= 11 is 0. The van der Waals surface area contributed by atoms with Crippen molar-refractivity contribution in [3.05, 3.63) is 71.8 Å². The Morgan fingerprint density at radius 2 is 1.69 bits per heavy atom. The Kier molecular flexibility index (Phi) is 5.86. The van der Waals surface area contributed by atoms with Crippen molar-refractivity contribution in [3.8, 4) is 0 Å². The fourth-order valence-corrected chi connectivity index (χ4v) is 2.95. The Morgan fingerprint density at radius 3 is 2.35 bits per heavy atom. The molecule has 3 rings (SSSR count). The molecule has 1 saturated heterocycles. The highest BCUT2D eigenvalue weighted by Crippen LogP contribution is 2.22. The van der Waals surface area contributed by atoms with Crippen LogP contribution in [0.5, 0.6) is 0 Å². The lowest BCUT2D eigenvalue weighted by Gasteiger charge is -2.21. The van der Waals surface area contributed by atoms with Gasteiger partial charge in [0, 0.05) is 6.42 Å². The molecule has 2 aromatic rings. The summed E-state index contributed by atoms with van der Waals surface area (Å²) < 4.78 is 10.8. The lowest BCUT2D eigenvalue weighted by atomic mass is 10.2. The maximum Gasteiger partial charge on any atom is 0.410 e. The third-order valence-corrected chi connectivity index (χ3v) is 4.31. The van der Waals surface area contributed by atoms with E-state index in [0.29, 0.717) is 12.0 Å². The van der Waals surface area contributed by atoms with Crippen LogP contribution in [0, 0.1) is 0 Å². The van der Waals surface area contributed by atoms with Gasteiger partial charge >= 0.3 is 12.1 Å². The molecule has 2 unspecified atom stereocenters. The van der Waals surface area contributed by atoms with E-state index < -0.39 is 24.2 Å². The predicted molar refractivity (Wildman–Crippen MR) is 94.5 cm³/mol. The minimum absolute atomic E-state index is 0.156. The standard InChI is InChI=1S/C20H21NO5/c22-13-17-11-18(26-19(23)16-9-5-2-6-10-16)12-21(17)20(24)25-14-15-7-3-1-4-8-15/h1-10,17-18,22H,11-14H2. The van der Waals surface area contributed by atoms with Crippen LogP contribution in [-0.2, 0) is 16.1 Å². The molecule has 1 N–H and O–H groups in total. The van der Waals surface area contributed by atoms with Gasteiger partial charge in [-0.25, -0.2) is 9.59 Å². The number of carbonyl (C=O) groups is 2. The van der Waals surface area contributed by atoms with Crippen LogP contribution >= 0.6 is 0 Å². The number of hydrogen-bond acceptors (Lipinski definition) is 5. The maximum atomic E-state index is 12.3. The number of rotatable bonds is 5. The highest BCUT2D eigenvalue weighted by Gasteiger charge is 2.38. The first kappa shape index (κ1) is 17.9. The minimum atomic E-state index is -0.522. The molecule has 2 aromatic carbocycles. The van der Waals surface area contributed by atoms with Gasteiger partial charge in [0.2, 0.25) is 0 Å². The largest absolute Gasteiger partial charge is 0.457 e. The fourth-order valence-electron chi connectivity index (χ4n) is 2.95. The first-order valence-electron chi connectivity index (χ1n) is 8.51. The molecule has 136 valence electrons. The molecule has 0 aliphatic carbocycles. The predicted octanol–water partition coefficient (Wildman–Crippen LogP) is 2.62. The van der Waals surface area contributed by atoms with Crippen LogP contribution in [0.2, 0.25) is 0 Å². The van der Waals surface area contributed by atoms with Gasteiger partial charge in [-0.3, -0.25) is 4.90 Å². The summed E-state index contributed by atoms with van der Waals surface area (Å²) in [6, 6.07) is 17.6. The summed E-state index contributed by atoms with van der Waals surface area (Å²) in [5, 5.41) is 9.55. The first-order chi connectivity index (χ1) is 12.7. The summed E-state index contributed by atoms with van der Waals surface area (Å²) in [7, 11) is 0. The van der Waals surface area contributed by atoms with E-state index in [1.54, 1.807) is 24.3 Å². The van der Waals surface area contributed by atoms with Gasteiger partial charge in [-0.1, -0.05) is 48.5 Å². The highest BCUT2D eigenvalue weighted by atomic mass is 16.6.